The smallest absolute Gasteiger partial charge is 0.323 e. The Morgan fingerprint density at radius 3 is 1.71 bits per heavy atom. The molecule has 0 saturated heterocycles. The van der Waals surface area contributed by atoms with Crippen molar-refractivity contribution in [1.82, 2.24) is 0 Å². The molecule has 8 heteroatoms. The minimum atomic E-state index is -5.01. The molecule has 0 fully saturated rings. The predicted octanol–water partition coefficient (Wildman–Crippen LogP) is 3.81. The molecule has 7 nitrogen and oxygen atoms in total. The van der Waals surface area contributed by atoms with Crippen molar-refractivity contribution in [2.75, 3.05) is 13.2 Å². The fourth-order valence-corrected chi connectivity index (χ4v) is 3.46. The van der Waals surface area contributed by atoms with Gasteiger partial charge in [-0.3, -0.25) is 9.59 Å². The number of hydrogen-bond acceptors (Lipinski definition) is 7. The summed E-state index contributed by atoms with van der Waals surface area (Å²) in [5.74, 6) is -1.74. The van der Waals surface area contributed by atoms with Crippen LogP contribution in [0.4, 0.5) is 0 Å². The van der Waals surface area contributed by atoms with E-state index in [0.717, 1.165) is 51.4 Å². The minimum absolute atomic E-state index is 0.0470. The monoisotopic (exact) mass is 421 g/mol. The lowest BCUT2D eigenvalue weighted by Crippen LogP contribution is -2.35. The molecule has 0 amide bonds. The van der Waals surface area contributed by atoms with Crippen LogP contribution < -0.4 is 0 Å². The molecule has 3 unspecified atom stereocenters. The van der Waals surface area contributed by atoms with Gasteiger partial charge in [-0.25, -0.2) is 8.42 Å². The van der Waals surface area contributed by atoms with Crippen molar-refractivity contribution in [2.24, 2.45) is 11.8 Å². The van der Waals surface area contributed by atoms with Crippen LogP contribution in [0.1, 0.15) is 85.5 Å². The Hall–Kier alpha value is -1.15. The van der Waals surface area contributed by atoms with E-state index in [2.05, 4.69) is 13.8 Å². The first-order chi connectivity index (χ1) is 13.2. The Kier molecular flexibility index (Phi) is 14.2. The fraction of sp³-hybridized carbons (Fsp3) is 0.900. The molecule has 0 saturated carbocycles. The summed E-state index contributed by atoms with van der Waals surface area (Å²) >= 11 is 0. The van der Waals surface area contributed by atoms with Gasteiger partial charge < -0.3 is 14.0 Å². The van der Waals surface area contributed by atoms with Gasteiger partial charge in [0.25, 0.3) is 0 Å². The van der Waals surface area contributed by atoms with Gasteiger partial charge >= 0.3 is 11.9 Å². The summed E-state index contributed by atoms with van der Waals surface area (Å²) in [7, 11) is -5.01. The molecule has 3 atom stereocenters. The fourth-order valence-electron chi connectivity index (χ4n) is 2.81. The van der Waals surface area contributed by atoms with Gasteiger partial charge in [-0.2, -0.15) is 0 Å². The molecule has 0 radical (unpaired) electrons. The normalized spacial score (nSPS) is 14.9. The zero-order valence-electron chi connectivity index (χ0n) is 17.8. The molecule has 0 bridgehead atoms. The largest absolute Gasteiger partial charge is 0.747 e. The Morgan fingerprint density at radius 2 is 1.32 bits per heavy atom. The van der Waals surface area contributed by atoms with Crippen molar-refractivity contribution in [3.05, 3.63) is 0 Å². The van der Waals surface area contributed by atoms with E-state index in [0.29, 0.717) is 0 Å². The van der Waals surface area contributed by atoms with Gasteiger partial charge in [0.1, 0.15) is 10.1 Å². The van der Waals surface area contributed by atoms with Crippen LogP contribution in [-0.2, 0) is 29.2 Å². The molecule has 0 aliphatic heterocycles. The lowest BCUT2D eigenvalue weighted by molar-refractivity contribution is -0.151. The molecule has 0 aromatic carbocycles. The van der Waals surface area contributed by atoms with Gasteiger partial charge in [0.05, 0.1) is 19.6 Å². The van der Waals surface area contributed by atoms with Gasteiger partial charge in [0.15, 0.2) is 5.25 Å². The van der Waals surface area contributed by atoms with Crippen molar-refractivity contribution in [3.8, 4) is 0 Å². The Balaban J connectivity index is 4.73. The first-order valence-corrected chi connectivity index (χ1v) is 11.9. The summed E-state index contributed by atoms with van der Waals surface area (Å²) in [5, 5.41) is -2.06. The van der Waals surface area contributed by atoms with E-state index in [1.54, 1.807) is 0 Å². The van der Waals surface area contributed by atoms with Crippen molar-refractivity contribution >= 4 is 22.1 Å². The highest BCUT2D eigenvalue weighted by molar-refractivity contribution is 7.87. The quantitative estimate of drug-likeness (QED) is 0.275. The Morgan fingerprint density at radius 1 is 0.857 bits per heavy atom. The minimum Gasteiger partial charge on any atom is -0.747 e. The molecule has 166 valence electrons. The van der Waals surface area contributed by atoms with E-state index in [-0.39, 0.29) is 25.0 Å². The summed E-state index contributed by atoms with van der Waals surface area (Å²) in [5.41, 5.74) is 0. The SMILES string of the molecule is CCCCC(CC)COC(=O)CC(C(=O)OCC(CC)CCCC)S(=O)(=O)[O-]. The highest BCUT2D eigenvalue weighted by Crippen LogP contribution is 2.17. The van der Waals surface area contributed by atoms with Crippen LogP contribution in [0.3, 0.4) is 0 Å². The zero-order chi connectivity index (χ0) is 21.6. The van der Waals surface area contributed by atoms with Crippen molar-refractivity contribution in [1.29, 1.82) is 0 Å². The van der Waals surface area contributed by atoms with Gasteiger partial charge in [0.2, 0.25) is 0 Å². The number of carbonyl (C=O) groups excluding carboxylic acids is 2. The van der Waals surface area contributed by atoms with E-state index in [9.17, 15) is 22.6 Å². The molecular formula is C20H37O7S-. The second kappa shape index (κ2) is 14.8. The highest BCUT2D eigenvalue weighted by atomic mass is 32.2. The van der Waals surface area contributed by atoms with Gasteiger partial charge in [-0.05, 0) is 24.7 Å². The van der Waals surface area contributed by atoms with Gasteiger partial charge in [0, 0.05) is 0 Å². The maximum atomic E-state index is 12.1. The second-order valence-electron chi connectivity index (χ2n) is 7.33. The topological polar surface area (TPSA) is 110 Å². The second-order valence-corrected chi connectivity index (χ2v) is 8.89. The molecular weight excluding hydrogens is 384 g/mol. The highest BCUT2D eigenvalue weighted by Gasteiger charge is 2.31. The van der Waals surface area contributed by atoms with Crippen LogP contribution in [-0.4, -0.2) is 43.4 Å². The van der Waals surface area contributed by atoms with Crippen LogP contribution >= 0.6 is 0 Å². The van der Waals surface area contributed by atoms with Gasteiger partial charge in [-0.1, -0.05) is 66.2 Å². The first-order valence-electron chi connectivity index (χ1n) is 10.5. The number of ether oxygens (including phenoxy) is 2. The summed E-state index contributed by atoms with van der Waals surface area (Å²) in [6.45, 7) is 8.26. The van der Waals surface area contributed by atoms with E-state index < -0.39 is 33.7 Å². The molecule has 0 rings (SSSR count). The molecule has 0 spiro atoms. The van der Waals surface area contributed by atoms with Crippen LogP contribution in [0.15, 0.2) is 0 Å². The number of hydrogen-bond donors (Lipinski definition) is 0. The number of esters is 2. The predicted molar refractivity (Wildman–Crippen MR) is 107 cm³/mol. The first kappa shape index (κ1) is 26.9. The number of carbonyl (C=O) groups is 2. The Labute approximate surface area is 170 Å². The third-order valence-electron chi connectivity index (χ3n) is 4.99. The van der Waals surface area contributed by atoms with Crippen LogP contribution in [0.25, 0.3) is 0 Å². The Bertz CT molecular complexity index is 545. The van der Waals surface area contributed by atoms with Crippen LogP contribution in [0, 0.1) is 11.8 Å². The van der Waals surface area contributed by atoms with E-state index >= 15 is 0 Å². The van der Waals surface area contributed by atoms with Crippen LogP contribution in [0.2, 0.25) is 0 Å². The number of rotatable bonds is 16. The van der Waals surface area contributed by atoms with E-state index in [1.165, 1.54) is 0 Å². The molecule has 0 aliphatic carbocycles. The maximum Gasteiger partial charge on any atom is 0.323 e. The molecule has 0 aromatic heterocycles. The third-order valence-corrected chi connectivity index (χ3v) is 6.05. The summed E-state index contributed by atoms with van der Waals surface area (Å²) in [6.07, 6.45) is 6.58. The standard InChI is InChI=1S/C20H38O7S/c1-5-9-11-16(7-3)14-26-19(21)13-18(28(23,24)25)20(22)27-15-17(8-4)12-10-6-2/h16-18H,5-15H2,1-4H3,(H,23,24,25)/p-1. The van der Waals surface area contributed by atoms with Crippen molar-refractivity contribution < 1.29 is 32.0 Å². The third kappa shape index (κ3) is 11.6. The lowest BCUT2D eigenvalue weighted by Gasteiger charge is -2.21. The molecule has 0 aliphatic rings. The molecule has 0 aromatic rings. The maximum absolute atomic E-state index is 12.1. The van der Waals surface area contributed by atoms with Crippen molar-refractivity contribution in [2.45, 2.75) is 90.7 Å². The summed E-state index contributed by atoms with van der Waals surface area (Å²) in [4.78, 5) is 24.1. The number of unbranched alkanes of at least 4 members (excludes halogenated alkanes) is 2. The lowest BCUT2D eigenvalue weighted by atomic mass is 10.0. The molecule has 0 N–H and O–H groups in total. The van der Waals surface area contributed by atoms with E-state index in [4.69, 9.17) is 9.47 Å². The molecule has 0 heterocycles. The van der Waals surface area contributed by atoms with Crippen LogP contribution in [0.5, 0.6) is 0 Å². The molecule has 28 heavy (non-hydrogen) atoms. The zero-order valence-corrected chi connectivity index (χ0v) is 18.6. The van der Waals surface area contributed by atoms with Gasteiger partial charge in [-0.15, -0.1) is 0 Å². The average molecular weight is 422 g/mol. The average Bonchev–Trinajstić information content (AvgIpc) is 2.65. The van der Waals surface area contributed by atoms with Crippen molar-refractivity contribution in [3.63, 3.8) is 0 Å². The summed E-state index contributed by atoms with van der Waals surface area (Å²) in [6, 6.07) is 0. The van der Waals surface area contributed by atoms with E-state index in [1.807, 2.05) is 13.8 Å². The summed E-state index contributed by atoms with van der Waals surface area (Å²) < 4.78 is 44.6.